The lowest BCUT2D eigenvalue weighted by Gasteiger charge is -2.13. The Bertz CT molecular complexity index is 1110. The number of benzene rings is 2. The Morgan fingerprint density at radius 2 is 1.83 bits per heavy atom. The summed E-state index contributed by atoms with van der Waals surface area (Å²) in [5.74, 6) is -1.22. The van der Waals surface area contributed by atoms with Crippen molar-refractivity contribution in [3.63, 3.8) is 0 Å². The molecule has 1 heterocycles. The number of Topliss-reactive ketones (excluding diaryl/α,β-unsaturated/α-hetero) is 1. The quantitative estimate of drug-likeness (QED) is 0.421. The summed E-state index contributed by atoms with van der Waals surface area (Å²) in [6.07, 6.45) is -1.03. The van der Waals surface area contributed by atoms with E-state index in [-0.39, 0.29) is 5.78 Å². The highest BCUT2D eigenvalue weighted by molar-refractivity contribution is 7.17. The Morgan fingerprint density at radius 1 is 1.13 bits per heavy atom. The van der Waals surface area contributed by atoms with Crippen molar-refractivity contribution in [2.75, 3.05) is 5.32 Å². The third-order valence-corrected chi connectivity index (χ3v) is 5.70. The van der Waals surface area contributed by atoms with Crippen LogP contribution in [0.15, 0.2) is 48.5 Å². The van der Waals surface area contributed by atoms with E-state index in [0.29, 0.717) is 31.9 Å². The number of amides is 1. The molecule has 1 N–H and O–H groups in total. The van der Waals surface area contributed by atoms with Gasteiger partial charge in [0.15, 0.2) is 11.9 Å². The normalized spacial score (nSPS) is 11.6. The Labute approximate surface area is 182 Å². The number of esters is 1. The summed E-state index contributed by atoms with van der Waals surface area (Å²) >= 11 is 7.10. The fraction of sp³-hybridized carbons (Fsp3) is 0.182. The molecule has 3 rings (SSSR count). The molecule has 0 aliphatic rings. The maximum atomic E-state index is 12.6. The van der Waals surface area contributed by atoms with E-state index in [1.807, 2.05) is 12.1 Å². The van der Waals surface area contributed by atoms with Gasteiger partial charge >= 0.3 is 5.97 Å². The van der Waals surface area contributed by atoms with Crippen LogP contribution >= 0.6 is 22.9 Å². The second-order valence-electron chi connectivity index (χ2n) is 6.61. The van der Waals surface area contributed by atoms with Crippen molar-refractivity contribution in [3.05, 3.63) is 69.7 Å². The van der Waals surface area contributed by atoms with Crippen LogP contribution in [0.25, 0.3) is 10.6 Å². The van der Waals surface area contributed by atoms with Crippen LogP contribution in [0.3, 0.4) is 0 Å². The van der Waals surface area contributed by atoms with Crippen LogP contribution in [0.4, 0.5) is 5.69 Å². The van der Waals surface area contributed by atoms with Crippen LogP contribution in [0.2, 0.25) is 5.02 Å². The maximum absolute atomic E-state index is 12.6. The van der Waals surface area contributed by atoms with Gasteiger partial charge in [0, 0.05) is 21.8 Å². The minimum absolute atomic E-state index is 0.109. The number of thiazole rings is 1. The molecule has 0 aliphatic heterocycles. The Hall–Kier alpha value is -3.03. The van der Waals surface area contributed by atoms with Crippen molar-refractivity contribution >= 4 is 46.3 Å². The number of nitrogens with one attached hydrogen (secondary N) is 1. The molecule has 0 fully saturated rings. The topological polar surface area (TPSA) is 85.4 Å². The molecular weight excluding hydrogens is 424 g/mol. The van der Waals surface area contributed by atoms with E-state index in [1.165, 1.54) is 25.2 Å². The van der Waals surface area contributed by atoms with E-state index in [4.69, 9.17) is 16.3 Å². The summed E-state index contributed by atoms with van der Waals surface area (Å²) in [5, 5.41) is 3.92. The SMILES string of the molecule is CC(=O)c1cccc(NC(=O)C(C)OC(=O)c2sc(-c3ccc(Cl)cc3)nc2C)c1. The molecule has 0 spiro atoms. The Morgan fingerprint density at radius 3 is 2.50 bits per heavy atom. The minimum atomic E-state index is -1.03. The minimum Gasteiger partial charge on any atom is -0.448 e. The summed E-state index contributed by atoms with van der Waals surface area (Å²) in [6, 6.07) is 13.7. The van der Waals surface area contributed by atoms with Gasteiger partial charge in [-0.3, -0.25) is 9.59 Å². The van der Waals surface area contributed by atoms with E-state index >= 15 is 0 Å². The van der Waals surface area contributed by atoms with E-state index < -0.39 is 18.0 Å². The van der Waals surface area contributed by atoms with Gasteiger partial charge in [0.25, 0.3) is 5.91 Å². The predicted octanol–water partition coefficient (Wildman–Crippen LogP) is 5.16. The first-order chi connectivity index (χ1) is 14.2. The molecule has 0 saturated carbocycles. The Kier molecular flexibility index (Phi) is 6.64. The molecule has 30 heavy (non-hydrogen) atoms. The van der Waals surface area contributed by atoms with Gasteiger partial charge in [0.05, 0.1) is 5.69 Å². The highest BCUT2D eigenvalue weighted by Gasteiger charge is 2.23. The van der Waals surface area contributed by atoms with Crippen LogP contribution in [0, 0.1) is 6.92 Å². The molecule has 6 nitrogen and oxygen atoms in total. The zero-order valence-corrected chi connectivity index (χ0v) is 18.1. The van der Waals surface area contributed by atoms with Crippen LogP contribution < -0.4 is 5.32 Å². The number of halogens is 1. The highest BCUT2D eigenvalue weighted by Crippen LogP contribution is 2.29. The summed E-state index contributed by atoms with van der Waals surface area (Å²) < 4.78 is 5.33. The molecule has 3 aromatic rings. The standard InChI is InChI=1S/C22H19ClN2O4S/c1-12-19(30-21(24-12)15-7-9-17(23)10-8-15)22(28)29-14(3)20(27)25-18-6-4-5-16(11-18)13(2)26/h4-11,14H,1-3H3,(H,25,27). The van der Waals surface area contributed by atoms with E-state index in [2.05, 4.69) is 10.3 Å². The summed E-state index contributed by atoms with van der Waals surface area (Å²) in [5.41, 5.74) is 2.29. The average Bonchev–Trinajstić information content (AvgIpc) is 3.10. The number of hydrogen-bond acceptors (Lipinski definition) is 6. The van der Waals surface area contributed by atoms with Gasteiger partial charge in [-0.05, 0) is 45.0 Å². The second kappa shape index (κ2) is 9.19. The van der Waals surface area contributed by atoms with Gasteiger partial charge in [-0.1, -0.05) is 35.9 Å². The van der Waals surface area contributed by atoms with Crippen molar-refractivity contribution in [1.82, 2.24) is 4.98 Å². The number of anilines is 1. The predicted molar refractivity (Wildman–Crippen MR) is 117 cm³/mol. The number of rotatable bonds is 6. The highest BCUT2D eigenvalue weighted by atomic mass is 35.5. The lowest BCUT2D eigenvalue weighted by Crippen LogP contribution is -2.30. The summed E-state index contributed by atoms with van der Waals surface area (Å²) in [7, 11) is 0. The van der Waals surface area contributed by atoms with Crippen LogP contribution in [0.1, 0.15) is 39.6 Å². The molecule has 0 saturated heterocycles. The van der Waals surface area contributed by atoms with Gasteiger partial charge < -0.3 is 10.1 Å². The largest absolute Gasteiger partial charge is 0.448 e. The molecule has 1 aromatic heterocycles. The smallest absolute Gasteiger partial charge is 0.351 e. The van der Waals surface area contributed by atoms with Crippen LogP contribution in [-0.4, -0.2) is 28.7 Å². The molecule has 2 aromatic carbocycles. The molecule has 8 heteroatoms. The van der Waals surface area contributed by atoms with Gasteiger partial charge in [-0.2, -0.15) is 0 Å². The van der Waals surface area contributed by atoms with E-state index in [0.717, 1.165) is 5.56 Å². The number of hydrogen-bond donors (Lipinski definition) is 1. The number of carbonyl (C=O) groups is 3. The fourth-order valence-corrected chi connectivity index (χ4v) is 3.71. The van der Waals surface area contributed by atoms with Gasteiger partial charge in [-0.15, -0.1) is 11.3 Å². The third-order valence-electron chi connectivity index (χ3n) is 4.26. The lowest BCUT2D eigenvalue weighted by atomic mass is 10.1. The van der Waals surface area contributed by atoms with Crippen LogP contribution in [0.5, 0.6) is 0 Å². The molecule has 1 unspecified atom stereocenters. The number of aromatic nitrogens is 1. The lowest BCUT2D eigenvalue weighted by molar-refractivity contribution is -0.123. The molecule has 154 valence electrons. The first-order valence-electron chi connectivity index (χ1n) is 9.11. The van der Waals surface area contributed by atoms with Gasteiger partial charge in [0.1, 0.15) is 9.88 Å². The number of ether oxygens (including phenoxy) is 1. The molecule has 1 amide bonds. The van der Waals surface area contributed by atoms with E-state index in [1.54, 1.807) is 43.3 Å². The molecule has 1 atom stereocenters. The molecule has 0 aliphatic carbocycles. The first-order valence-corrected chi connectivity index (χ1v) is 10.3. The summed E-state index contributed by atoms with van der Waals surface area (Å²) in [6.45, 7) is 4.64. The van der Waals surface area contributed by atoms with E-state index in [9.17, 15) is 14.4 Å². The fourth-order valence-electron chi connectivity index (χ4n) is 2.63. The van der Waals surface area contributed by atoms with Gasteiger partial charge in [-0.25, -0.2) is 9.78 Å². The molecule has 0 radical (unpaired) electrons. The van der Waals surface area contributed by atoms with Crippen molar-refractivity contribution in [1.29, 1.82) is 0 Å². The monoisotopic (exact) mass is 442 g/mol. The van der Waals surface area contributed by atoms with Crippen LogP contribution in [-0.2, 0) is 9.53 Å². The Balaban J connectivity index is 1.68. The zero-order chi connectivity index (χ0) is 21.8. The molecular formula is C22H19ClN2O4S. The number of ketones is 1. The second-order valence-corrected chi connectivity index (χ2v) is 8.05. The first kappa shape index (κ1) is 21.7. The summed E-state index contributed by atoms with van der Waals surface area (Å²) in [4.78, 5) is 41.2. The number of nitrogens with zero attached hydrogens (tertiary/aromatic N) is 1. The number of aryl methyl sites for hydroxylation is 1. The third kappa shape index (κ3) is 5.11. The van der Waals surface area contributed by atoms with Crippen molar-refractivity contribution in [2.24, 2.45) is 0 Å². The van der Waals surface area contributed by atoms with Crippen molar-refractivity contribution in [2.45, 2.75) is 26.9 Å². The van der Waals surface area contributed by atoms with Gasteiger partial charge in [0.2, 0.25) is 0 Å². The average molecular weight is 443 g/mol. The number of carbonyl (C=O) groups excluding carboxylic acids is 3. The van der Waals surface area contributed by atoms with Crippen molar-refractivity contribution in [3.8, 4) is 10.6 Å². The van der Waals surface area contributed by atoms with Crippen molar-refractivity contribution < 1.29 is 19.1 Å². The molecule has 0 bridgehead atoms. The maximum Gasteiger partial charge on any atom is 0.351 e. The zero-order valence-electron chi connectivity index (χ0n) is 16.6.